The van der Waals surface area contributed by atoms with Crippen molar-refractivity contribution in [3.63, 3.8) is 0 Å². The predicted octanol–water partition coefficient (Wildman–Crippen LogP) is 2.12. The van der Waals surface area contributed by atoms with Crippen molar-refractivity contribution in [2.45, 2.75) is 6.42 Å². The largest absolute Gasteiger partial charge is 0.493 e. The number of rotatable bonds is 4. The first-order chi connectivity index (χ1) is 7.74. The molecule has 1 heterocycles. The van der Waals surface area contributed by atoms with Gasteiger partial charge in [0.05, 0.1) is 14.2 Å². The smallest absolute Gasteiger partial charge is 0.164 e. The third-order valence-corrected chi connectivity index (χ3v) is 3.11. The van der Waals surface area contributed by atoms with Gasteiger partial charge in [-0.05, 0) is 37.1 Å². The molecule has 1 saturated heterocycles. The first kappa shape index (κ1) is 11.6. The van der Waals surface area contributed by atoms with Crippen molar-refractivity contribution in [1.82, 2.24) is 5.32 Å². The summed E-state index contributed by atoms with van der Waals surface area (Å²) in [5, 5.41) is 3.95. The molecule has 0 atom stereocenters. The van der Waals surface area contributed by atoms with Gasteiger partial charge in [0.2, 0.25) is 0 Å². The molecule has 16 heavy (non-hydrogen) atoms. The summed E-state index contributed by atoms with van der Waals surface area (Å²) in [6, 6.07) is 3.74. The number of ether oxygens (including phenoxy) is 2. The second kappa shape index (κ2) is 4.93. The fourth-order valence-corrected chi connectivity index (χ4v) is 2.19. The molecule has 2 rings (SSSR count). The number of hydrogen-bond acceptors (Lipinski definition) is 3. The molecule has 0 aliphatic carbocycles. The monoisotopic (exact) mass is 241 g/mol. The Bertz CT molecular complexity index is 378. The first-order valence-electron chi connectivity index (χ1n) is 5.35. The molecule has 0 aromatic heterocycles. The van der Waals surface area contributed by atoms with Gasteiger partial charge in [-0.3, -0.25) is 0 Å². The Labute approximate surface area is 101 Å². The van der Waals surface area contributed by atoms with E-state index >= 15 is 0 Å². The Hall–Kier alpha value is -0.930. The highest BCUT2D eigenvalue weighted by atomic mass is 35.5. The molecular weight excluding hydrogens is 226 g/mol. The number of benzene rings is 1. The van der Waals surface area contributed by atoms with E-state index in [0.29, 0.717) is 16.7 Å². The van der Waals surface area contributed by atoms with Crippen molar-refractivity contribution < 1.29 is 9.47 Å². The summed E-state index contributed by atoms with van der Waals surface area (Å²) in [6.07, 6.45) is 0.979. The van der Waals surface area contributed by atoms with Crippen LogP contribution in [-0.4, -0.2) is 27.3 Å². The standard InChI is InChI=1S/C12H16ClNO2/c1-15-11-5-10(13)4-9(12(11)16-2)3-8-6-14-7-8/h4-5,8,14H,3,6-7H2,1-2H3. The Kier molecular flexibility index (Phi) is 3.56. The Morgan fingerprint density at radius 3 is 2.56 bits per heavy atom. The van der Waals surface area contributed by atoms with Gasteiger partial charge in [-0.15, -0.1) is 0 Å². The summed E-state index contributed by atoms with van der Waals surface area (Å²) in [4.78, 5) is 0. The van der Waals surface area contributed by atoms with Gasteiger partial charge in [0.15, 0.2) is 11.5 Å². The summed E-state index contributed by atoms with van der Waals surface area (Å²) in [5.41, 5.74) is 1.12. The lowest BCUT2D eigenvalue weighted by Gasteiger charge is -2.28. The number of halogens is 1. The molecule has 1 aromatic rings. The topological polar surface area (TPSA) is 30.5 Å². The summed E-state index contributed by atoms with van der Waals surface area (Å²) >= 11 is 6.05. The van der Waals surface area contributed by atoms with Crippen LogP contribution in [0.25, 0.3) is 0 Å². The zero-order valence-electron chi connectivity index (χ0n) is 9.55. The molecule has 1 aromatic carbocycles. The number of methoxy groups -OCH3 is 2. The van der Waals surface area contributed by atoms with E-state index in [2.05, 4.69) is 5.32 Å². The van der Waals surface area contributed by atoms with Crippen molar-refractivity contribution in [3.8, 4) is 11.5 Å². The fraction of sp³-hybridized carbons (Fsp3) is 0.500. The minimum absolute atomic E-state index is 0.678. The molecule has 88 valence electrons. The van der Waals surface area contributed by atoms with Crippen LogP contribution >= 0.6 is 11.6 Å². The van der Waals surface area contributed by atoms with E-state index in [1.54, 1.807) is 20.3 Å². The first-order valence-corrected chi connectivity index (χ1v) is 5.73. The highest BCUT2D eigenvalue weighted by Crippen LogP contribution is 2.36. The summed E-state index contributed by atoms with van der Waals surface area (Å²) < 4.78 is 10.7. The van der Waals surface area contributed by atoms with Crippen molar-refractivity contribution in [2.24, 2.45) is 5.92 Å². The second-order valence-electron chi connectivity index (χ2n) is 4.03. The molecule has 3 nitrogen and oxygen atoms in total. The quantitative estimate of drug-likeness (QED) is 0.876. The Morgan fingerprint density at radius 1 is 1.31 bits per heavy atom. The van der Waals surface area contributed by atoms with Crippen molar-refractivity contribution in [2.75, 3.05) is 27.3 Å². The highest BCUT2D eigenvalue weighted by molar-refractivity contribution is 6.30. The lowest BCUT2D eigenvalue weighted by Crippen LogP contribution is -2.43. The molecule has 1 fully saturated rings. The fourth-order valence-electron chi connectivity index (χ4n) is 1.96. The van der Waals surface area contributed by atoms with Gasteiger partial charge in [0.1, 0.15) is 0 Å². The van der Waals surface area contributed by atoms with E-state index in [1.807, 2.05) is 6.07 Å². The Balaban J connectivity index is 2.28. The maximum Gasteiger partial charge on any atom is 0.164 e. The molecule has 0 amide bonds. The molecule has 0 radical (unpaired) electrons. The van der Waals surface area contributed by atoms with E-state index < -0.39 is 0 Å². The third-order valence-electron chi connectivity index (χ3n) is 2.90. The average molecular weight is 242 g/mol. The van der Waals surface area contributed by atoms with Crippen LogP contribution < -0.4 is 14.8 Å². The maximum atomic E-state index is 6.05. The average Bonchev–Trinajstić information content (AvgIpc) is 2.22. The van der Waals surface area contributed by atoms with Crippen LogP contribution in [0.1, 0.15) is 5.56 Å². The van der Waals surface area contributed by atoms with Crippen molar-refractivity contribution in [3.05, 3.63) is 22.7 Å². The van der Waals surface area contributed by atoms with E-state index in [9.17, 15) is 0 Å². The predicted molar refractivity (Wildman–Crippen MR) is 64.6 cm³/mol. The van der Waals surface area contributed by atoms with E-state index in [1.165, 1.54) is 0 Å². The van der Waals surface area contributed by atoms with Crippen molar-refractivity contribution in [1.29, 1.82) is 0 Å². The lowest BCUT2D eigenvalue weighted by molar-refractivity contribution is 0.327. The minimum atomic E-state index is 0.678. The van der Waals surface area contributed by atoms with Crippen LogP contribution in [0.2, 0.25) is 5.02 Å². The summed E-state index contributed by atoms with van der Waals surface area (Å²) in [6.45, 7) is 2.13. The van der Waals surface area contributed by atoms with E-state index in [4.69, 9.17) is 21.1 Å². The van der Waals surface area contributed by atoms with Gasteiger partial charge in [0, 0.05) is 11.1 Å². The van der Waals surface area contributed by atoms with Gasteiger partial charge in [-0.1, -0.05) is 11.6 Å². The zero-order valence-corrected chi connectivity index (χ0v) is 10.3. The van der Waals surface area contributed by atoms with Gasteiger partial charge < -0.3 is 14.8 Å². The molecule has 0 unspecified atom stereocenters. The Morgan fingerprint density at radius 2 is 2.06 bits per heavy atom. The van der Waals surface area contributed by atoms with Crippen LogP contribution in [0, 0.1) is 5.92 Å². The van der Waals surface area contributed by atoms with Crippen LogP contribution in [0.4, 0.5) is 0 Å². The van der Waals surface area contributed by atoms with Gasteiger partial charge in [-0.25, -0.2) is 0 Å². The van der Waals surface area contributed by atoms with E-state index in [0.717, 1.165) is 30.8 Å². The molecule has 0 bridgehead atoms. The van der Waals surface area contributed by atoms with Crippen LogP contribution in [0.5, 0.6) is 11.5 Å². The van der Waals surface area contributed by atoms with Crippen LogP contribution in [0.15, 0.2) is 12.1 Å². The van der Waals surface area contributed by atoms with E-state index in [-0.39, 0.29) is 0 Å². The summed E-state index contributed by atoms with van der Waals surface area (Å²) in [7, 11) is 3.29. The molecule has 1 aliphatic heterocycles. The van der Waals surface area contributed by atoms with Gasteiger partial charge in [-0.2, -0.15) is 0 Å². The molecule has 0 spiro atoms. The van der Waals surface area contributed by atoms with Gasteiger partial charge in [0.25, 0.3) is 0 Å². The number of nitrogens with one attached hydrogen (secondary N) is 1. The minimum Gasteiger partial charge on any atom is -0.493 e. The molecule has 1 aliphatic rings. The van der Waals surface area contributed by atoms with Gasteiger partial charge >= 0.3 is 0 Å². The van der Waals surface area contributed by atoms with Crippen LogP contribution in [-0.2, 0) is 6.42 Å². The zero-order chi connectivity index (χ0) is 11.5. The SMILES string of the molecule is COc1cc(Cl)cc(CC2CNC2)c1OC. The van der Waals surface area contributed by atoms with Crippen molar-refractivity contribution >= 4 is 11.6 Å². The highest BCUT2D eigenvalue weighted by Gasteiger charge is 2.21. The lowest BCUT2D eigenvalue weighted by atomic mass is 9.94. The molecule has 1 N–H and O–H groups in total. The van der Waals surface area contributed by atoms with Crippen LogP contribution in [0.3, 0.4) is 0 Å². The number of hydrogen-bond donors (Lipinski definition) is 1. The maximum absolute atomic E-state index is 6.05. The molecular formula is C12H16ClNO2. The normalized spacial score (nSPS) is 15.7. The third kappa shape index (κ3) is 2.25. The summed E-state index contributed by atoms with van der Waals surface area (Å²) in [5.74, 6) is 2.19. The molecule has 4 heteroatoms. The molecule has 0 saturated carbocycles. The second-order valence-corrected chi connectivity index (χ2v) is 4.47.